The highest BCUT2D eigenvalue weighted by molar-refractivity contribution is 5.92. The molecule has 1 atom stereocenters. The van der Waals surface area contributed by atoms with Gasteiger partial charge in [0.1, 0.15) is 11.6 Å². The molecule has 3 nitrogen and oxygen atoms in total. The first-order chi connectivity index (χ1) is 11.2. The SMILES string of the molecule is COc1ccc([C@@H]2CC(=O)C=C(Nc3ccccc3F)C2)cc1. The van der Waals surface area contributed by atoms with Gasteiger partial charge in [-0.15, -0.1) is 0 Å². The molecule has 0 fully saturated rings. The fraction of sp³-hybridized carbons (Fsp3) is 0.211. The average molecular weight is 311 g/mol. The monoisotopic (exact) mass is 311 g/mol. The van der Waals surface area contributed by atoms with Crippen LogP contribution in [0.25, 0.3) is 0 Å². The van der Waals surface area contributed by atoms with Crippen LogP contribution in [0.15, 0.2) is 60.3 Å². The summed E-state index contributed by atoms with van der Waals surface area (Å²) in [6.07, 6.45) is 2.72. The van der Waals surface area contributed by atoms with Gasteiger partial charge in [0.25, 0.3) is 0 Å². The first-order valence-corrected chi connectivity index (χ1v) is 7.54. The molecular weight excluding hydrogens is 293 g/mol. The van der Waals surface area contributed by atoms with Crippen LogP contribution in [0.1, 0.15) is 24.3 Å². The van der Waals surface area contributed by atoms with Gasteiger partial charge in [0, 0.05) is 18.2 Å². The number of hydrogen-bond acceptors (Lipinski definition) is 3. The van der Waals surface area contributed by atoms with Gasteiger partial charge in [0.15, 0.2) is 5.78 Å². The van der Waals surface area contributed by atoms with Gasteiger partial charge in [-0.3, -0.25) is 4.79 Å². The smallest absolute Gasteiger partial charge is 0.158 e. The second-order valence-corrected chi connectivity index (χ2v) is 5.62. The predicted octanol–water partition coefficient (Wildman–Crippen LogP) is 4.28. The van der Waals surface area contributed by atoms with Gasteiger partial charge in [0.05, 0.1) is 12.8 Å². The third-order valence-corrected chi connectivity index (χ3v) is 4.01. The normalized spacial score (nSPS) is 17.6. The Morgan fingerprint density at radius 1 is 1.09 bits per heavy atom. The topological polar surface area (TPSA) is 38.3 Å². The molecular formula is C19H18FNO2. The third-order valence-electron chi connectivity index (χ3n) is 4.01. The molecule has 2 aromatic rings. The van der Waals surface area contributed by atoms with Gasteiger partial charge in [-0.05, 0) is 42.2 Å². The molecule has 0 aliphatic heterocycles. The van der Waals surface area contributed by atoms with Crippen molar-refractivity contribution in [2.24, 2.45) is 0 Å². The van der Waals surface area contributed by atoms with Crippen molar-refractivity contribution in [1.82, 2.24) is 0 Å². The highest BCUT2D eigenvalue weighted by atomic mass is 19.1. The van der Waals surface area contributed by atoms with Crippen molar-refractivity contribution < 1.29 is 13.9 Å². The lowest BCUT2D eigenvalue weighted by atomic mass is 9.85. The van der Waals surface area contributed by atoms with Gasteiger partial charge in [0.2, 0.25) is 0 Å². The van der Waals surface area contributed by atoms with Crippen LogP contribution in [0.4, 0.5) is 10.1 Å². The molecule has 0 saturated carbocycles. The molecule has 0 saturated heterocycles. The van der Waals surface area contributed by atoms with Crippen molar-refractivity contribution in [3.8, 4) is 5.75 Å². The molecule has 0 aromatic heterocycles. The van der Waals surface area contributed by atoms with Crippen molar-refractivity contribution >= 4 is 11.5 Å². The number of methoxy groups -OCH3 is 1. The molecule has 4 heteroatoms. The van der Waals surface area contributed by atoms with Gasteiger partial charge >= 0.3 is 0 Å². The van der Waals surface area contributed by atoms with Gasteiger partial charge in [-0.1, -0.05) is 24.3 Å². The van der Waals surface area contributed by atoms with Gasteiger partial charge < -0.3 is 10.1 Å². The van der Waals surface area contributed by atoms with E-state index in [1.54, 1.807) is 31.4 Å². The Morgan fingerprint density at radius 2 is 1.83 bits per heavy atom. The Bertz CT molecular complexity index is 737. The van der Waals surface area contributed by atoms with E-state index in [-0.39, 0.29) is 17.5 Å². The number of halogens is 1. The molecule has 0 unspecified atom stereocenters. The summed E-state index contributed by atoms with van der Waals surface area (Å²) in [5.41, 5.74) is 2.22. The number of carbonyl (C=O) groups excluding carboxylic acids is 1. The van der Waals surface area contributed by atoms with E-state index in [9.17, 15) is 9.18 Å². The fourth-order valence-corrected chi connectivity index (χ4v) is 2.83. The van der Waals surface area contributed by atoms with Crippen LogP contribution in [0, 0.1) is 5.82 Å². The molecule has 1 aliphatic rings. The summed E-state index contributed by atoms with van der Waals surface area (Å²) < 4.78 is 18.9. The lowest BCUT2D eigenvalue weighted by Gasteiger charge is -2.23. The lowest BCUT2D eigenvalue weighted by molar-refractivity contribution is -0.115. The summed E-state index contributed by atoms with van der Waals surface area (Å²) in [5.74, 6) is 0.604. The maximum atomic E-state index is 13.8. The van der Waals surface area contributed by atoms with Crippen LogP contribution < -0.4 is 10.1 Å². The molecule has 0 amide bonds. The fourth-order valence-electron chi connectivity index (χ4n) is 2.83. The maximum Gasteiger partial charge on any atom is 0.158 e. The average Bonchev–Trinajstić information content (AvgIpc) is 2.56. The largest absolute Gasteiger partial charge is 0.497 e. The van der Waals surface area contributed by atoms with E-state index in [0.29, 0.717) is 18.5 Å². The first kappa shape index (κ1) is 15.3. The van der Waals surface area contributed by atoms with Crippen LogP contribution >= 0.6 is 0 Å². The molecule has 3 rings (SSSR count). The van der Waals surface area contributed by atoms with Crippen LogP contribution in [0.3, 0.4) is 0 Å². The van der Waals surface area contributed by atoms with Crippen molar-refractivity contribution in [3.63, 3.8) is 0 Å². The minimum Gasteiger partial charge on any atom is -0.497 e. The van der Waals surface area contributed by atoms with Gasteiger partial charge in [-0.25, -0.2) is 4.39 Å². The van der Waals surface area contributed by atoms with Crippen LogP contribution in [0.2, 0.25) is 0 Å². The van der Waals surface area contributed by atoms with E-state index in [2.05, 4.69) is 5.32 Å². The minimum absolute atomic E-state index is 0.0518. The zero-order valence-corrected chi connectivity index (χ0v) is 12.9. The number of nitrogens with one attached hydrogen (secondary N) is 1. The maximum absolute atomic E-state index is 13.8. The summed E-state index contributed by atoms with van der Waals surface area (Å²) in [6.45, 7) is 0. The highest BCUT2D eigenvalue weighted by Crippen LogP contribution is 2.33. The molecule has 1 aliphatic carbocycles. The minimum atomic E-state index is -0.326. The third kappa shape index (κ3) is 3.59. The molecule has 118 valence electrons. The quantitative estimate of drug-likeness (QED) is 0.916. The molecule has 0 heterocycles. The van der Waals surface area contributed by atoms with E-state index in [4.69, 9.17) is 4.74 Å². The van der Waals surface area contributed by atoms with E-state index < -0.39 is 0 Å². The Hall–Kier alpha value is -2.62. The second kappa shape index (κ2) is 6.65. The van der Waals surface area contributed by atoms with Crippen molar-refractivity contribution in [3.05, 3.63) is 71.7 Å². The lowest BCUT2D eigenvalue weighted by Crippen LogP contribution is -2.17. The molecule has 1 N–H and O–H groups in total. The number of anilines is 1. The number of ketones is 1. The van der Waals surface area contributed by atoms with Crippen molar-refractivity contribution in [2.75, 3.05) is 12.4 Å². The van der Waals surface area contributed by atoms with Crippen molar-refractivity contribution in [2.45, 2.75) is 18.8 Å². The number of rotatable bonds is 4. The van der Waals surface area contributed by atoms with E-state index >= 15 is 0 Å². The number of benzene rings is 2. The molecule has 0 radical (unpaired) electrons. The van der Waals surface area contributed by atoms with E-state index in [1.807, 2.05) is 24.3 Å². The van der Waals surface area contributed by atoms with Crippen molar-refractivity contribution in [1.29, 1.82) is 0 Å². The zero-order chi connectivity index (χ0) is 16.2. The van der Waals surface area contributed by atoms with Crippen LogP contribution in [-0.2, 0) is 4.79 Å². The Kier molecular flexibility index (Phi) is 4.42. The number of carbonyl (C=O) groups is 1. The summed E-state index contributed by atoms with van der Waals surface area (Å²) >= 11 is 0. The highest BCUT2D eigenvalue weighted by Gasteiger charge is 2.22. The number of hydrogen-bond donors (Lipinski definition) is 1. The molecule has 23 heavy (non-hydrogen) atoms. The Balaban J connectivity index is 1.78. The molecule has 0 spiro atoms. The Morgan fingerprint density at radius 3 is 2.52 bits per heavy atom. The molecule has 2 aromatic carbocycles. The van der Waals surface area contributed by atoms with Crippen LogP contribution in [0.5, 0.6) is 5.75 Å². The number of para-hydroxylation sites is 1. The summed E-state index contributed by atoms with van der Waals surface area (Å²) in [4.78, 5) is 12.0. The van der Waals surface area contributed by atoms with E-state index in [1.165, 1.54) is 6.07 Å². The standard InChI is InChI=1S/C19H18FNO2/c1-23-17-8-6-13(7-9-17)14-10-15(12-16(22)11-14)21-19-5-3-2-4-18(19)20/h2-9,12,14,21H,10-11H2,1H3/t14-/m0/s1. The number of allylic oxidation sites excluding steroid dienone is 2. The first-order valence-electron chi connectivity index (χ1n) is 7.54. The number of ether oxygens (including phenoxy) is 1. The second-order valence-electron chi connectivity index (χ2n) is 5.62. The Labute approximate surface area is 134 Å². The zero-order valence-electron chi connectivity index (χ0n) is 12.9. The summed E-state index contributed by atoms with van der Waals surface area (Å²) in [6, 6.07) is 14.2. The summed E-state index contributed by atoms with van der Waals surface area (Å²) in [7, 11) is 1.62. The van der Waals surface area contributed by atoms with E-state index in [0.717, 1.165) is 17.0 Å². The summed E-state index contributed by atoms with van der Waals surface area (Å²) in [5, 5.41) is 3.04. The molecule has 0 bridgehead atoms. The van der Waals surface area contributed by atoms with Crippen LogP contribution in [-0.4, -0.2) is 12.9 Å². The predicted molar refractivity (Wildman–Crippen MR) is 88.1 cm³/mol. The van der Waals surface area contributed by atoms with Gasteiger partial charge in [-0.2, -0.15) is 0 Å².